The van der Waals surface area contributed by atoms with Crippen LogP contribution in [0.3, 0.4) is 0 Å². The van der Waals surface area contributed by atoms with E-state index < -0.39 is 6.04 Å². The molecular formula is C24H31ClFN5O3S. The van der Waals surface area contributed by atoms with Gasteiger partial charge in [0, 0.05) is 42.8 Å². The number of Topliss-reactive ketones (excluding diaryl/α,β-unsaturated/α-hetero) is 1. The Labute approximate surface area is 216 Å². The molecule has 0 N–H and O–H groups in total. The molecule has 190 valence electrons. The molecule has 1 aliphatic heterocycles. The largest absolute Gasteiger partial charge is 0.466 e. The number of carbonyl (C=O) groups is 2. The number of piperidine rings is 1. The van der Waals surface area contributed by atoms with Gasteiger partial charge in [-0.15, -0.1) is 17.5 Å². The molecule has 0 amide bonds. The number of carbonyl (C=O) groups excluding carboxylic acids is 2. The van der Waals surface area contributed by atoms with Gasteiger partial charge in [-0.3, -0.25) is 14.5 Å². The predicted molar refractivity (Wildman–Crippen MR) is 135 cm³/mol. The fraction of sp³-hybridized carbons (Fsp3) is 0.542. The standard InChI is InChI=1S/C24H30FN5O3S.ClH/c1-2-33-22(31)8-5-12-30-21(26-27-28-30)14-17-15-29(13-11-20(17)34)23(24(32)16-9-10-16)18-6-3-4-7-19(18)25;/h3-4,6-7,14,16,20,23,34H,2,5,8-13,15H2,1H3;1H. The normalized spacial score (nSPS) is 20.3. The first kappa shape index (κ1) is 27.3. The average Bonchev–Trinajstić information content (AvgIpc) is 3.58. The van der Waals surface area contributed by atoms with Crippen LogP contribution in [0.4, 0.5) is 4.39 Å². The highest BCUT2D eigenvalue weighted by Gasteiger charge is 2.40. The van der Waals surface area contributed by atoms with Crippen LogP contribution in [0, 0.1) is 11.7 Å². The first-order valence-corrected chi connectivity index (χ1v) is 12.3. The molecule has 0 radical (unpaired) electrons. The number of ketones is 1. The Bertz CT molecular complexity index is 1060. The lowest BCUT2D eigenvalue weighted by Crippen LogP contribution is -2.42. The summed E-state index contributed by atoms with van der Waals surface area (Å²) in [6, 6.07) is 5.93. The van der Waals surface area contributed by atoms with E-state index in [1.54, 1.807) is 29.8 Å². The smallest absolute Gasteiger partial charge is 0.305 e. The van der Waals surface area contributed by atoms with Crippen LogP contribution in [-0.2, 0) is 20.9 Å². The zero-order valence-electron chi connectivity index (χ0n) is 19.7. The average molecular weight is 524 g/mol. The number of rotatable bonds is 10. The molecule has 2 unspecified atom stereocenters. The van der Waals surface area contributed by atoms with E-state index in [0.717, 1.165) is 24.8 Å². The van der Waals surface area contributed by atoms with E-state index in [9.17, 15) is 14.0 Å². The van der Waals surface area contributed by atoms with E-state index >= 15 is 0 Å². The SMILES string of the molecule is CCOC(=O)CCCn1nnnc1C=C1CN(C(C(=O)C2CC2)c2ccccc2F)CCC1S.Cl. The molecule has 1 aliphatic carbocycles. The van der Waals surface area contributed by atoms with E-state index in [2.05, 4.69) is 15.5 Å². The Morgan fingerprint density at radius 1 is 1.29 bits per heavy atom. The summed E-state index contributed by atoms with van der Waals surface area (Å²) in [4.78, 5) is 26.9. The van der Waals surface area contributed by atoms with Gasteiger partial charge in [0.25, 0.3) is 0 Å². The number of aryl methyl sites for hydroxylation is 1. The van der Waals surface area contributed by atoms with Crippen LogP contribution in [-0.4, -0.2) is 61.8 Å². The lowest BCUT2D eigenvalue weighted by molar-refractivity contribution is -0.143. The van der Waals surface area contributed by atoms with E-state index in [1.165, 1.54) is 6.07 Å². The summed E-state index contributed by atoms with van der Waals surface area (Å²) < 4.78 is 21.3. The van der Waals surface area contributed by atoms with Crippen molar-refractivity contribution < 1.29 is 18.7 Å². The molecule has 1 aromatic carbocycles. The van der Waals surface area contributed by atoms with E-state index in [0.29, 0.717) is 50.5 Å². The molecule has 11 heteroatoms. The summed E-state index contributed by atoms with van der Waals surface area (Å²) in [6.45, 7) is 3.73. The van der Waals surface area contributed by atoms with Crippen LogP contribution in [0.2, 0.25) is 0 Å². The third-order valence-electron chi connectivity index (χ3n) is 6.25. The highest BCUT2D eigenvalue weighted by molar-refractivity contribution is 7.81. The fourth-order valence-corrected chi connectivity index (χ4v) is 4.59. The Morgan fingerprint density at radius 2 is 2.06 bits per heavy atom. The van der Waals surface area contributed by atoms with E-state index in [-0.39, 0.29) is 41.1 Å². The van der Waals surface area contributed by atoms with Crippen molar-refractivity contribution in [2.24, 2.45) is 5.92 Å². The minimum Gasteiger partial charge on any atom is -0.466 e. The molecule has 2 fully saturated rings. The summed E-state index contributed by atoms with van der Waals surface area (Å²) in [7, 11) is 0. The van der Waals surface area contributed by atoms with Gasteiger partial charge in [0.15, 0.2) is 11.6 Å². The Hall–Kier alpha value is -2.30. The van der Waals surface area contributed by atoms with E-state index in [1.807, 2.05) is 11.0 Å². The number of ether oxygens (including phenoxy) is 1. The van der Waals surface area contributed by atoms with Crippen LogP contribution >= 0.6 is 25.0 Å². The van der Waals surface area contributed by atoms with Gasteiger partial charge < -0.3 is 4.74 Å². The summed E-state index contributed by atoms with van der Waals surface area (Å²) in [5.74, 6) is 0.0675. The quantitative estimate of drug-likeness (QED) is 0.375. The number of benzene rings is 1. The van der Waals surface area contributed by atoms with Gasteiger partial charge in [-0.2, -0.15) is 12.6 Å². The Kier molecular flexibility index (Phi) is 9.82. The number of aromatic nitrogens is 4. The summed E-state index contributed by atoms with van der Waals surface area (Å²) in [6.07, 6.45) is 5.21. The monoisotopic (exact) mass is 523 g/mol. The second kappa shape index (κ2) is 12.6. The van der Waals surface area contributed by atoms with Crippen molar-refractivity contribution >= 4 is 42.9 Å². The molecule has 1 aromatic heterocycles. The molecule has 2 atom stereocenters. The van der Waals surface area contributed by atoms with Crippen LogP contribution < -0.4 is 0 Å². The zero-order valence-corrected chi connectivity index (χ0v) is 21.4. The van der Waals surface area contributed by atoms with Gasteiger partial charge in [0.1, 0.15) is 5.82 Å². The second-order valence-electron chi connectivity index (χ2n) is 8.76. The summed E-state index contributed by atoms with van der Waals surface area (Å²) in [5, 5.41) is 11.9. The van der Waals surface area contributed by atoms with Gasteiger partial charge in [-0.1, -0.05) is 18.2 Å². The Balaban J connectivity index is 0.00000342. The minimum absolute atomic E-state index is 0. The van der Waals surface area contributed by atoms with Crippen molar-refractivity contribution in [3.05, 3.63) is 47.0 Å². The highest BCUT2D eigenvalue weighted by Crippen LogP contribution is 2.39. The molecular weight excluding hydrogens is 493 g/mol. The molecule has 2 aromatic rings. The molecule has 1 saturated heterocycles. The maximum absolute atomic E-state index is 14.7. The van der Waals surface area contributed by atoms with E-state index in [4.69, 9.17) is 17.4 Å². The zero-order chi connectivity index (χ0) is 24.1. The molecule has 2 aliphatic rings. The van der Waals surface area contributed by atoms with Gasteiger partial charge in [0.2, 0.25) is 0 Å². The summed E-state index contributed by atoms with van der Waals surface area (Å²) in [5.41, 5.74) is 1.40. The number of esters is 1. The predicted octanol–water partition coefficient (Wildman–Crippen LogP) is 3.69. The van der Waals surface area contributed by atoms with Crippen LogP contribution in [0.15, 0.2) is 29.8 Å². The molecule has 4 rings (SSSR count). The molecule has 8 nitrogen and oxygen atoms in total. The molecule has 35 heavy (non-hydrogen) atoms. The van der Waals surface area contributed by atoms with Crippen molar-refractivity contribution in [3.8, 4) is 0 Å². The lowest BCUT2D eigenvalue weighted by Gasteiger charge is -2.37. The Morgan fingerprint density at radius 3 is 2.77 bits per heavy atom. The first-order chi connectivity index (χ1) is 16.5. The second-order valence-corrected chi connectivity index (χ2v) is 9.39. The number of hydrogen-bond donors (Lipinski definition) is 1. The topological polar surface area (TPSA) is 90.2 Å². The number of halogens is 2. The number of nitrogens with zero attached hydrogens (tertiary/aromatic N) is 5. The third-order valence-corrected chi connectivity index (χ3v) is 6.84. The fourth-order valence-electron chi connectivity index (χ4n) is 4.32. The lowest BCUT2D eigenvalue weighted by atomic mass is 9.93. The van der Waals surface area contributed by atoms with Crippen molar-refractivity contribution in [2.75, 3.05) is 19.7 Å². The number of thiol groups is 1. The van der Waals surface area contributed by atoms with Gasteiger partial charge in [-0.05, 0) is 60.7 Å². The van der Waals surface area contributed by atoms with Crippen LogP contribution in [0.5, 0.6) is 0 Å². The molecule has 1 saturated carbocycles. The minimum atomic E-state index is -0.612. The highest BCUT2D eigenvalue weighted by atomic mass is 35.5. The number of tetrazole rings is 1. The maximum Gasteiger partial charge on any atom is 0.305 e. The number of hydrogen-bond acceptors (Lipinski definition) is 8. The maximum atomic E-state index is 14.7. The molecule has 0 spiro atoms. The molecule has 0 bridgehead atoms. The number of likely N-dealkylation sites (tertiary alicyclic amines) is 1. The van der Waals surface area contributed by atoms with Gasteiger partial charge in [-0.25, -0.2) is 9.07 Å². The first-order valence-electron chi connectivity index (χ1n) is 11.8. The summed E-state index contributed by atoms with van der Waals surface area (Å²) >= 11 is 4.75. The van der Waals surface area contributed by atoms with Crippen molar-refractivity contribution in [1.29, 1.82) is 0 Å². The van der Waals surface area contributed by atoms with Crippen LogP contribution in [0.1, 0.15) is 56.5 Å². The van der Waals surface area contributed by atoms with Gasteiger partial charge in [0.05, 0.1) is 12.6 Å². The van der Waals surface area contributed by atoms with Crippen LogP contribution in [0.25, 0.3) is 6.08 Å². The van der Waals surface area contributed by atoms with Gasteiger partial charge >= 0.3 is 5.97 Å². The van der Waals surface area contributed by atoms with Crippen molar-refractivity contribution in [3.63, 3.8) is 0 Å². The van der Waals surface area contributed by atoms with Crippen molar-refractivity contribution in [1.82, 2.24) is 25.1 Å². The third kappa shape index (κ3) is 6.89. The van der Waals surface area contributed by atoms with Crippen molar-refractivity contribution in [2.45, 2.75) is 56.9 Å². The molecule has 2 heterocycles.